The van der Waals surface area contributed by atoms with Crippen LogP contribution in [0.4, 0.5) is 20.2 Å². The molecule has 2 aromatic rings. The molecule has 0 bridgehead atoms. The zero-order valence-electron chi connectivity index (χ0n) is 10.7. The van der Waals surface area contributed by atoms with Crippen LogP contribution in [0.2, 0.25) is 0 Å². The lowest BCUT2D eigenvalue weighted by molar-refractivity contribution is -0.384. The van der Waals surface area contributed by atoms with Crippen LogP contribution in [0.5, 0.6) is 0 Å². The SMILES string of the molecule is Cc1cccc(CNc2c(F)cc(F)cc2[N+](=O)[O-])c1. The summed E-state index contributed by atoms with van der Waals surface area (Å²) in [7, 11) is 0. The third kappa shape index (κ3) is 3.09. The van der Waals surface area contributed by atoms with E-state index in [2.05, 4.69) is 5.32 Å². The van der Waals surface area contributed by atoms with Crippen molar-refractivity contribution in [3.63, 3.8) is 0 Å². The standard InChI is InChI=1S/C14H12F2N2O2/c1-9-3-2-4-10(5-9)8-17-14-12(16)6-11(15)7-13(14)18(19)20/h2-7,17H,8H2,1H3. The van der Waals surface area contributed by atoms with Crippen molar-refractivity contribution in [2.45, 2.75) is 13.5 Å². The molecule has 0 aliphatic carbocycles. The van der Waals surface area contributed by atoms with Crippen molar-refractivity contribution in [1.29, 1.82) is 0 Å². The molecule has 0 aliphatic rings. The Hall–Kier alpha value is -2.50. The first-order chi connectivity index (χ1) is 9.47. The Morgan fingerprint density at radius 3 is 2.65 bits per heavy atom. The van der Waals surface area contributed by atoms with E-state index < -0.39 is 22.2 Å². The van der Waals surface area contributed by atoms with Gasteiger partial charge in [-0.05, 0) is 12.5 Å². The monoisotopic (exact) mass is 278 g/mol. The fourth-order valence-corrected chi connectivity index (χ4v) is 1.89. The van der Waals surface area contributed by atoms with Crippen molar-refractivity contribution >= 4 is 11.4 Å². The molecule has 0 radical (unpaired) electrons. The molecule has 2 rings (SSSR count). The Bertz CT molecular complexity index is 660. The molecule has 0 spiro atoms. The highest BCUT2D eigenvalue weighted by Gasteiger charge is 2.20. The van der Waals surface area contributed by atoms with E-state index in [1.165, 1.54) is 0 Å². The summed E-state index contributed by atoms with van der Waals surface area (Å²) in [6.07, 6.45) is 0. The van der Waals surface area contributed by atoms with Gasteiger partial charge in [0.25, 0.3) is 5.69 Å². The van der Waals surface area contributed by atoms with E-state index in [1.807, 2.05) is 31.2 Å². The number of halogens is 2. The van der Waals surface area contributed by atoms with Gasteiger partial charge in [-0.25, -0.2) is 8.78 Å². The van der Waals surface area contributed by atoms with Crippen molar-refractivity contribution in [1.82, 2.24) is 0 Å². The van der Waals surface area contributed by atoms with Gasteiger partial charge in [0.2, 0.25) is 0 Å². The van der Waals surface area contributed by atoms with E-state index in [-0.39, 0.29) is 12.2 Å². The molecule has 0 aliphatic heterocycles. The fourth-order valence-electron chi connectivity index (χ4n) is 1.89. The highest BCUT2D eigenvalue weighted by atomic mass is 19.1. The minimum absolute atomic E-state index is 0.213. The molecule has 0 saturated heterocycles. The van der Waals surface area contributed by atoms with Gasteiger partial charge in [-0.3, -0.25) is 10.1 Å². The van der Waals surface area contributed by atoms with Gasteiger partial charge in [0.15, 0.2) is 5.82 Å². The molecule has 0 heterocycles. The summed E-state index contributed by atoms with van der Waals surface area (Å²) in [5.74, 6) is -1.96. The Morgan fingerprint density at radius 1 is 1.25 bits per heavy atom. The van der Waals surface area contributed by atoms with Crippen LogP contribution in [-0.2, 0) is 6.54 Å². The predicted molar refractivity (Wildman–Crippen MR) is 71.5 cm³/mol. The van der Waals surface area contributed by atoms with Crippen LogP contribution >= 0.6 is 0 Å². The summed E-state index contributed by atoms with van der Waals surface area (Å²) < 4.78 is 26.7. The first-order valence-corrected chi connectivity index (χ1v) is 5.90. The molecule has 0 unspecified atom stereocenters. The first kappa shape index (κ1) is 13.9. The van der Waals surface area contributed by atoms with Crippen LogP contribution in [0.15, 0.2) is 36.4 Å². The molecule has 0 atom stereocenters. The Morgan fingerprint density at radius 2 is 2.00 bits per heavy atom. The lowest BCUT2D eigenvalue weighted by Crippen LogP contribution is -2.05. The lowest BCUT2D eigenvalue weighted by Gasteiger charge is -2.09. The number of benzene rings is 2. The lowest BCUT2D eigenvalue weighted by atomic mass is 10.1. The first-order valence-electron chi connectivity index (χ1n) is 5.90. The van der Waals surface area contributed by atoms with Crippen LogP contribution in [0.25, 0.3) is 0 Å². The van der Waals surface area contributed by atoms with Crippen molar-refractivity contribution in [3.05, 3.63) is 69.3 Å². The number of nitro benzene ring substituents is 1. The van der Waals surface area contributed by atoms with Crippen LogP contribution < -0.4 is 5.32 Å². The van der Waals surface area contributed by atoms with Crippen LogP contribution in [0, 0.1) is 28.7 Å². The highest BCUT2D eigenvalue weighted by molar-refractivity contribution is 5.62. The van der Waals surface area contributed by atoms with E-state index in [0.717, 1.165) is 11.1 Å². The van der Waals surface area contributed by atoms with E-state index in [0.29, 0.717) is 12.1 Å². The van der Waals surface area contributed by atoms with Gasteiger partial charge in [0, 0.05) is 12.6 Å². The topological polar surface area (TPSA) is 55.2 Å². The molecule has 1 N–H and O–H groups in total. The second-order valence-electron chi connectivity index (χ2n) is 4.38. The quantitative estimate of drug-likeness (QED) is 0.683. The zero-order chi connectivity index (χ0) is 14.7. The number of hydrogen-bond donors (Lipinski definition) is 1. The number of anilines is 1. The molecule has 0 amide bonds. The van der Waals surface area contributed by atoms with E-state index in [4.69, 9.17) is 0 Å². The van der Waals surface area contributed by atoms with Crippen molar-refractivity contribution < 1.29 is 13.7 Å². The zero-order valence-corrected chi connectivity index (χ0v) is 10.7. The van der Waals surface area contributed by atoms with Gasteiger partial charge >= 0.3 is 0 Å². The summed E-state index contributed by atoms with van der Waals surface area (Å²) in [6.45, 7) is 2.12. The fraction of sp³-hybridized carbons (Fsp3) is 0.143. The van der Waals surface area contributed by atoms with Crippen molar-refractivity contribution in [3.8, 4) is 0 Å². The number of aryl methyl sites for hydroxylation is 1. The molecule has 104 valence electrons. The smallest absolute Gasteiger partial charge is 0.298 e. The maximum absolute atomic E-state index is 13.6. The molecular weight excluding hydrogens is 266 g/mol. The van der Waals surface area contributed by atoms with Gasteiger partial charge in [-0.15, -0.1) is 0 Å². The third-order valence-corrected chi connectivity index (χ3v) is 2.78. The number of nitrogens with zero attached hydrogens (tertiary/aromatic N) is 1. The van der Waals surface area contributed by atoms with Crippen LogP contribution in [0.1, 0.15) is 11.1 Å². The molecule has 20 heavy (non-hydrogen) atoms. The van der Waals surface area contributed by atoms with Gasteiger partial charge in [-0.1, -0.05) is 29.8 Å². The molecule has 0 saturated carbocycles. The highest BCUT2D eigenvalue weighted by Crippen LogP contribution is 2.29. The van der Waals surface area contributed by atoms with E-state index in [1.54, 1.807) is 0 Å². The number of nitrogens with one attached hydrogen (secondary N) is 1. The third-order valence-electron chi connectivity index (χ3n) is 2.78. The summed E-state index contributed by atoms with van der Waals surface area (Å²) in [5.41, 5.74) is 0.953. The second kappa shape index (κ2) is 5.64. The second-order valence-corrected chi connectivity index (χ2v) is 4.38. The number of rotatable bonds is 4. The molecule has 4 nitrogen and oxygen atoms in total. The largest absolute Gasteiger partial charge is 0.373 e. The molecule has 2 aromatic carbocycles. The summed E-state index contributed by atoms with van der Waals surface area (Å²) in [5, 5.41) is 13.5. The molecule has 6 heteroatoms. The maximum atomic E-state index is 13.6. The maximum Gasteiger partial charge on any atom is 0.298 e. The average Bonchev–Trinajstić information content (AvgIpc) is 2.36. The normalized spacial score (nSPS) is 10.3. The summed E-state index contributed by atoms with van der Waals surface area (Å²) >= 11 is 0. The van der Waals surface area contributed by atoms with Crippen molar-refractivity contribution in [2.75, 3.05) is 5.32 Å². The number of hydrogen-bond acceptors (Lipinski definition) is 3. The van der Waals surface area contributed by atoms with Crippen LogP contribution in [-0.4, -0.2) is 4.92 Å². The van der Waals surface area contributed by atoms with Gasteiger partial charge in [0.05, 0.1) is 11.0 Å². The summed E-state index contributed by atoms with van der Waals surface area (Å²) in [4.78, 5) is 10.0. The van der Waals surface area contributed by atoms with E-state index in [9.17, 15) is 18.9 Å². The van der Waals surface area contributed by atoms with Gasteiger partial charge < -0.3 is 5.32 Å². The van der Waals surface area contributed by atoms with E-state index >= 15 is 0 Å². The van der Waals surface area contributed by atoms with Gasteiger partial charge in [-0.2, -0.15) is 0 Å². The van der Waals surface area contributed by atoms with Gasteiger partial charge in [0.1, 0.15) is 11.5 Å². The minimum atomic E-state index is -0.982. The van der Waals surface area contributed by atoms with Crippen LogP contribution in [0.3, 0.4) is 0 Å². The summed E-state index contributed by atoms with van der Waals surface area (Å²) in [6, 6.07) is 8.74. The Kier molecular flexibility index (Phi) is 3.93. The Labute approximate surface area is 114 Å². The van der Waals surface area contributed by atoms with Crippen molar-refractivity contribution in [2.24, 2.45) is 0 Å². The average molecular weight is 278 g/mol. The number of nitro groups is 1. The molecular formula is C14H12F2N2O2. The molecule has 0 aromatic heterocycles. The minimum Gasteiger partial charge on any atom is -0.373 e. The predicted octanol–water partition coefficient (Wildman–Crippen LogP) is 3.79. The Balaban J connectivity index is 2.27. The molecule has 0 fully saturated rings.